The van der Waals surface area contributed by atoms with E-state index in [1.807, 2.05) is 38.1 Å². The van der Waals surface area contributed by atoms with Gasteiger partial charge in [-0.05, 0) is 44.4 Å². The van der Waals surface area contributed by atoms with Crippen molar-refractivity contribution in [1.82, 2.24) is 19.9 Å². The van der Waals surface area contributed by atoms with Gasteiger partial charge in [0.05, 0.1) is 26.3 Å². The number of ether oxygens (including phenoxy) is 1. The lowest BCUT2D eigenvalue weighted by Gasteiger charge is -2.38. The molecule has 1 atom stereocenters. The molecule has 3 rings (SSSR count). The molecule has 1 aromatic carbocycles. The van der Waals surface area contributed by atoms with Gasteiger partial charge < -0.3 is 14.7 Å². The zero-order chi connectivity index (χ0) is 18.7. The molecule has 1 N–H and O–H groups in total. The molecule has 1 fully saturated rings. The SMILES string of the molecule is COc1ccc(CC(=O)N2CCC[C@](O)(c3cn(C(C)C)nn3)C2)cc1. The molecule has 2 aromatic rings. The molecular formula is C19H26N4O3. The number of aromatic nitrogens is 3. The van der Waals surface area contributed by atoms with Crippen molar-refractivity contribution in [3.63, 3.8) is 0 Å². The number of methoxy groups -OCH3 is 1. The minimum Gasteiger partial charge on any atom is -0.497 e. The van der Waals surface area contributed by atoms with Gasteiger partial charge in [0, 0.05) is 12.6 Å². The third-order valence-corrected chi connectivity index (χ3v) is 4.85. The molecule has 7 heteroatoms. The van der Waals surface area contributed by atoms with E-state index in [1.165, 1.54) is 0 Å². The topological polar surface area (TPSA) is 80.5 Å². The first kappa shape index (κ1) is 18.4. The predicted octanol–water partition coefficient (Wildman–Crippen LogP) is 1.92. The minimum atomic E-state index is -1.14. The Morgan fingerprint density at radius 3 is 2.69 bits per heavy atom. The Bertz CT molecular complexity index is 756. The van der Waals surface area contributed by atoms with Crippen LogP contribution in [0.2, 0.25) is 0 Å². The van der Waals surface area contributed by atoms with Crippen LogP contribution in [0, 0.1) is 0 Å². The molecule has 1 saturated heterocycles. The van der Waals surface area contributed by atoms with Gasteiger partial charge in [0.1, 0.15) is 17.0 Å². The Kier molecular flexibility index (Phi) is 5.27. The zero-order valence-corrected chi connectivity index (χ0v) is 15.6. The third kappa shape index (κ3) is 3.88. The summed E-state index contributed by atoms with van der Waals surface area (Å²) >= 11 is 0. The Morgan fingerprint density at radius 1 is 1.35 bits per heavy atom. The van der Waals surface area contributed by atoms with Crippen LogP contribution in [0.1, 0.15) is 44.0 Å². The largest absolute Gasteiger partial charge is 0.497 e. The first-order valence-corrected chi connectivity index (χ1v) is 8.97. The van der Waals surface area contributed by atoms with Gasteiger partial charge in [0.15, 0.2) is 0 Å². The van der Waals surface area contributed by atoms with E-state index >= 15 is 0 Å². The zero-order valence-electron chi connectivity index (χ0n) is 15.6. The number of likely N-dealkylation sites (tertiary alicyclic amines) is 1. The molecular weight excluding hydrogens is 332 g/mol. The van der Waals surface area contributed by atoms with Gasteiger partial charge in [-0.1, -0.05) is 17.3 Å². The van der Waals surface area contributed by atoms with Crippen LogP contribution in [0.4, 0.5) is 0 Å². The van der Waals surface area contributed by atoms with E-state index in [0.717, 1.165) is 17.7 Å². The van der Waals surface area contributed by atoms with Crippen LogP contribution in [0.25, 0.3) is 0 Å². The molecule has 1 aliphatic heterocycles. The lowest BCUT2D eigenvalue weighted by Crippen LogP contribution is -2.49. The molecule has 0 aliphatic carbocycles. The van der Waals surface area contributed by atoms with Crippen LogP contribution in [-0.2, 0) is 16.8 Å². The monoisotopic (exact) mass is 358 g/mol. The molecule has 0 bridgehead atoms. The number of piperidine rings is 1. The normalized spacial score (nSPS) is 20.4. The average Bonchev–Trinajstić information content (AvgIpc) is 3.14. The van der Waals surface area contributed by atoms with E-state index in [1.54, 1.807) is 22.9 Å². The maximum atomic E-state index is 12.7. The highest BCUT2D eigenvalue weighted by atomic mass is 16.5. The van der Waals surface area contributed by atoms with Crippen LogP contribution in [0.5, 0.6) is 5.75 Å². The molecule has 0 spiro atoms. The summed E-state index contributed by atoms with van der Waals surface area (Å²) in [4.78, 5) is 14.4. The van der Waals surface area contributed by atoms with Crippen LogP contribution < -0.4 is 4.74 Å². The molecule has 2 heterocycles. The van der Waals surface area contributed by atoms with Crippen LogP contribution in [0.15, 0.2) is 30.5 Å². The molecule has 1 amide bonds. The number of benzene rings is 1. The number of β-amino-alcohol motifs (C(OH)–C–C–N with tert-alkyl or cyclic N) is 1. The van der Waals surface area contributed by atoms with E-state index in [9.17, 15) is 9.90 Å². The molecule has 0 radical (unpaired) electrons. The quantitative estimate of drug-likeness (QED) is 0.883. The van der Waals surface area contributed by atoms with Gasteiger partial charge in [0.25, 0.3) is 0 Å². The summed E-state index contributed by atoms with van der Waals surface area (Å²) in [5, 5.41) is 19.3. The van der Waals surface area contributed by atoms with Gasteiger partial charge >= 0.3 is 0 Å². The number of nitrogens with zero attached hydrogens (tertiary/aromatic N) is 4. The molecule has 1 aromatic heterocycles. The number of hydrogen-bond acceptors (Lipinski definition) is 5. The Balaban J connectivity index is 1.69. The lowest BCUT2D eigenvalue weighted by molar-refractivity contribution is -0.138. The standard InChI is InChI=1S/C19H26N4O3/c1-14(2)23-12-17(20-21-23)19(25)9-4-10-22(13-19)18(24)11-15-5-7-16(26-3)8-6-15/h5-8,12,14,25H,4,9-11,13H2,1-3H3/t19-/m1/s1. The maximum Gasteiger partial charge on any atom is 0.227 e. The van der Waals surface area contributed by atoms with Crippen molar-refractivity contribution in [1.29, 1.82) is 0 Å². The van der Waals surface area contributed by atoms with Crippen molar-refractivity contribution in [2.24, 2.45) is 0 Å². The van der Waals surface area contributed by atoms with Crippen molar-refractivity contribution in [2.75, 3.05) is 20.2 Å². The molecule has 140 valence electrons. The average molecular weight is 358 g/mol. The summed E-state index contributed by atoms with van der Waals surface area (Å²) in [6.45, 7) is 4.91. The van der Waals surface area contributed by atoms with Crippen LogP contribution in [0.3, 0.4) is 0 Å². The lowest BCUT2D eigenvalue weighted by atomic mass is 9.89. The maximum absolute atomic E-state index is 12.7. The second-order valence-corrected chi connectivity index (χ2v) is 7.15. The second kappa shape index (κ2) is 7.45. The van der Waals surface area contributed by atoms with Crippen molar-refractivity contribution in [3.8, 4) is 5.75 Å². The number of carbonyl (C=O) groups excluding carboxylic acids is 1. The van der Waals surface area contributed by atoms with Crippen LogP contribution in [-0.4, -0.2) is 51.1 Å². The fourth-order valence-corrected chi connectivity index (χ4v) is 3.23. The van der Waals surface area contributed by atoms with Gasteiger partial charge in [-0.2, -0.15) is 0 Å². The molecule has 1 aliphatic rings. The first-order chi connectivity index (χ1) is 12.4. The van der Waals surface area contributed by atoms with Gasteiger partial charge in [-0.3, -0.25) is 4.79 Å². The Hall–Kier alpha value is -2.41. The summed E-state index contributed by atoms with van der Waals surface area (Å²) < 4.78 is 6.87. The molecule has 0 saturated carbocycles. The Labute approximate surface area is 153 Å². The van der Waals surface area contributed by atoms with E-state index < -0.39 is 5.60 Å². The molecule has 26 heavy (non-hydrogen) atoms. The summed E-state index contributed by atoms with van der Waals surface area (Å²) in [6.07, 6.45) is 3.40. The van der Waals surface area contributed by atoms with Gasteiger partial charge in [-0.25, -0.2) is 4.68 Å². The Morgan fingerprint density at radius 2 is 2.08 bits per heavy atom. The number of hydrogen-bond donors (Lipinski definition) is 1. The highest BCUT2D eigenvalue weighted by Crippen LogP contribution is 2.30. The predicted molar refractivity (Wildman–Crippen MR) is 96.8 cm³/mol. The highest BCUT2D eigenvalue weighted by Gasteiger charge is 2.39. The summed E-state index contributed by atoms with van der Waals surface area (Å²) in [6, 6.07) is 7.65. The van der Waals surface area contributed by atoms with Crippen molar-refractivity contribution >= 4 is 5.91 Å². The summed E-state index contributed by atoms with van der Waals surface area (Å²) in [5.41, 5.74) is 0.324. The fourth-order valence-electron chi connectivity index (χ4n) is 3.23. The van der Waals surface area contributed by atoms with Gasteiger partial charge in [-0.15, -0.1) is 5.10 Å². The molecule has 7 nitrogen and oxygen atoms in total. The fraction of sp³-hybridized carbons (Fsp3) is 0.526. The van der Waals surface area contributed by atoms with Gasteiger partial charge in [0.2, 0.25) is 5.91 Å². The number of carbonyl (C=O) groups is 1. The first-order valence-electron chi connectivity index (χ1n) is 8.97. The van der Waals surface area contributed by atoms with Crippen molar-refractivity contribution in [2.45, 2.75) is 44.8 Å². The van der Waals surface area contributed by atoms with E-state index in [2.05, 4.69) is 10.3 Å². The smallest absolute Gasteiger partial charge is 0.227 e. The van der Waals surface area contributed by atoms with E-state index in [4.69, 9.17) is 4.74 Å². The number of amides is 1. The van der Waals surface area contributed by atoms with E-state index in [0.29, 0.717) is 25.1 Å². The summed E-state index contributed by atoms with van der Waals surface area (Å²) in [7, 11) is 1.62. The minimum absolute atomic E-state index is 0.00421. The second-order valence-electron chi connectivity index (χ2n) is 7.15. The van der Waals surface area contributed by atoms with Crippen molar-refractivity contribution < 1.29 is 14.6 Å². The number of aliphatic hydroxyl groups is 1. The summed E-state index contributed by atoms with van der Waals surface area (Å²) in [5.74, 6) is 0.770. The third-order valence-electron chi connectivity index (χ3n) is 4.85. The van der Waals surface area contributed by atoms with E-state index in [-0.39, 0.29) is 18.5 Å². The highest BCUT2D eigenvalue weighted by molar-refractivity contribution is 5.79. The molecule has 0 unspecified atom stereocenters. The van der Waals surface area contributed by atoms with Crippen molar-refractivity contribution in [3.05, 3.63) is 41.7 Å². The number of rotatable bonds is 5. The van der Waals surface area contributed by atoms with Crippen LogP contribution >= 0.6 is 0 Å².